The minimum Gasteiger partial charge on any atom is -0.323 e. The van der Waals surface area contributed by atoms with Gasteiger partial charge >= 0.3 is 0 Å². The number of sulfonamides is 1. The van der Waals surface area contributed by atoms with E-state index in [1.165, 1.54) is 54.6 Å². The topological polar surface area (TPSA) is 79.4 Å². The number of carbonyl (C=O) groups excluding carboxylic acids is 1. The normalized spacial score (nSPS) is 29.0. The third-order valence-electron chi connectivity index (χ3n) is 7.44. The summed E-state index contributed by atoms with van der Waals surface area (Å²) >= 11 is 0. The number of hydrogen-bond donors (Lipinski definition) is 1. The molecule has 6 nitrogen and oxygen atoms in total. The van der Waals surface area contributed by atoms with Gasteiger partial charge < -0.3 is 5.32 Å². The Morgan fingerprint density at radius 1 is 1.06 bits per heavy atom. The molecule has 0 saturated heterocycles. The van der Waals surface area contributed by atoms with Crippen molar-refractivity contribution < 1.29 is 13.2 Å². The highest BCUT2D eigenvalue weighted by atomic mass is 32.2. The quantitative estimate of drug-likeness (QED) is 0.739. The summed E-state index contributed by atoms with van der Waals surface area (Å²) in [4.78, 5) is 16.5. The molecule has 1 aromatic heterocycles. The Bertz CT molecular complexity index is 1030. The van der Waals surface area contributed by atoms with Crippen molar-refractivity contribution in [2.24, 2.45) is 17.8 Å². The van der Waals surface area contributed by atoms with Crippen LogP contribution in [0, 0.1) is 17.8 Å². The van der Waals surface area contributed by atoms with Crippen LogP contribution in [0.5, 0.6) is 0 Å². The number of nitrogens with zero attached hydrogens (tertiary/aromatic N) is 2. The van der Waals surface area contributed by atoms with Gasteiger partial charge in [0.25, 0.3) is 0 Å². The summed E-state index contributed by atoms with van der Waals surface area (Å²) in [6.07, 6.45) is 12.3. The molecule has 0 aliphatic heterocycles. The largest absolute Gasteiger partial charge is 0.323 e. The van der Waals surface area contributed by atoms with Crippen molar-refractivity contribution in [1.29, 1.82) is 0 Å². The summed E-state index contributed by atoms with van der Waals surface area (Å²) < 4.78 is 26.1. The molecule has 6 rings (SSSR count). The predicted octanol–water partition coefficient (Wildman–Crippen LogP) is 3.95. The number of carbonyl (C=O) groups is 1. The Morgan fingerprint density at radius 2 is 1.68 bits per heavy atom. The second-order valence-corrected chi connectivity index (χ2v) is 11.7. The van der Waals surface area contributed by atoms with Crippen LogP contribution in [-0.4, -0.2) is 32.1 Å². The molecule has 164 valence electrons. The van der Waals surface area contributed by atoms with Crippen molar-refractivity contribution in [2.75, 3.05) is 22.4 Å². The zero-order chi connectivity index (χ0) is 21.6. The molecule has 0 radical (unpaired) electrons. The molecule has 4 aliphatic carbocycles. The van der Waals surface area contributed by atoms with Gasteiger partial charge in [-0.3, -0.25) is 14.1 Å². The first kappa shape index (κ1) is 20.5. The van der Waals surface area contributed by atoms with Gasteiger partial charge in [0.05, 0.1) is 23.8 Å². The lowest BCUT2D eigenvalue weighted by molar-refractivity contribution is -0.114. The smallest absolute Gasteiger partial charge is 0.245 e. The van der Waals surface area contributed by atoms with Crippen molar-refractivity contribution in [3.05, 3.63) is 54.4 Å². The Kier molecular flexibility index (Phi) is 5.04. The average molecular weight is 440 g/mol. The summed E-state index contributed by atoms with van der Waals surface area (Å²) in [5, 5.41) is 2.71. The molecule has 1 heterocycles. The number of aromatic nitrogens is 1. The minimum atomic E-state index is -3.61. The second-order valence-electron chi connectivity index (χ2n) is 9.80. The van der Waals surface area contributed by atoms with E-state index in [1.807, 2.05) is 12.1 Å². The Balaban J connectivity index is 1.35. The number of benzene rings is 1. The van der Waals surface area contributed by atoms with Gasteiger partial charge in [-0.05, 0) is 91.5 Å². The fourth-order valence-electron chi connectivity index (χ4n) is 6.61. The van der Waals surface area contributed by atoms with Crippen molar-refractivity contribution in [1.82, 2.24) is 4.98 Å². The molecule has 0 atom stereocenters. The second kappa shape index (κ2) is 7.62. The van der Waals surface area contributed by atoms with E-state index < -0.39 is 15.9 Å². The van der Waals surface area contributed by atoms with Crippen molar-refractivity contribution in [3.63, 3.8) is 0 Å². The van der Waals surface area contributed by atoms with Gasteiger partial charge in [-0.1, -0.05) is 12.1 Å². The zero-order valence-corrected chi connectivity index (χ0v) is 18.6. The summed E-state index contributed by atoms with van der Waals surface area (Å²) in [5.41, 5.74) is 2.67. The van der Waals surface area contributed by atoms with Crippen LogP contribution in [0.4, 0.5) is 11.4 Å². The molecule has 1 amide bonds. The van der Waals surface area contributed by atoms with Gasteiger partial charge in [-0.25, -0.2) is 8.42 Å². The van der Waals surface area contributed by atoms with E-state index in [0.717, 1.165) is 24.0 Å². The molecule has 0 unspecified atom stereocenters. The number of pyridine rings is 1. The Morgan fingerprint density at radius 3 is 2.19 bits per heavy atom. The molecule has 4 aliphatic rings. The molecule has 1 aromatic carbocycles. The van der Waals surface area contributed by atoms with Crippen molar-refractivity contribution in [3.8, 4) is 0 Å². The molecule has 0 spiro atoms. The Hall–Kier alpha value is -2.41. The standard InChI is InChI=1S/C24H29N3O3S/c1-31(29,30)27(16-23(28)26-21-3-2-8-25-15-21)22-6-4-20(5-7-22)24-12-17-9-18(13-24)11-19(10-17)14-24/h2-8,15,17-19H,9-14,16H2,1H3,(H,26,28). The molecule has 31 heavy (non-hydrogen) atoms. The van der Waals surface area contributed by atoms with E-state index in [4.69, 9.17) is 0 Å². The highest BCUT2D eigenvalue weighted by Crippen LogP contribution is 2.60. The first-order chi connectivity index (χ1) is 14.8. The number of rotatable bonds is 6. The first-order valence-corrected chi connectivity index (χ1v) is 12.9. The molecule has 4 saturated carbocycles. The van der Waals surface area contributed by atoms with Gasteiger partial charge in [0.2, 0.25) is 15.9 Å². The number of anilines is 2. The van der Waals surface area contributed by atoms with E-state index in [1.54, 1.807) is 18.3 Å². The van der Waals surface area contributed by atoms with Crippen LogP contribution in [0.25, 0.3) is 0 Å². The highest BCUT2D eigenvalue weighted by molar-refractivity contribution is 7.92. The molecular weight excluding hydrogens is 410 g/mol. The van der Waals surface area contributed by atoms with E-state index in [-0.39, 0.29) is 12.0 Å². The monoisotopic (exact) mass is 439 g/mol. The van der Waals surface area contributed by atoms with Gasteiger partial charge in [0, 0.05) is 6.20 Å². The molecule has 7 heteroatoms. The van der Waals surface area contributed by atoms with E-state index in [2.05, 4.69) is 22.4 Å². The van der Waals surface area contributed by atoms with Crippen LogP contribution in [-0.2, 0) is 20.2 Å². The van der Waals surface area contributed by atoms with Gasteiger partial charge in [-0.2, -0.15) is 0 Å². The summed E-state index contributed by atoms with van der Waals surface area (Å²) in [7, 11) is -3.61. The summed E-state index contributed by atoms with van der Waals surface area (Å²) in [5.74, 6) is 2.17. The molecule has 2 aromatic rings. The van der Waals surface area contributed by atoms with Gasteiger partial charge in [0.1, 0.15) is 6.54 Å². The summed E-state index contributed by atoms with van der Waals surface area (Å²) in [6, 6.07) is 11.4. The molecule has 1 N–H and O–H groups in total. The molecular formula is C24H29N3O3S. The lowest BCUT2D eigenvalue weighted by atomic mass is 9.48. The lowest BCUT2D eigenvalue weighted by Crippen LogP contribution is -2.48. The third kappa shape index (κ3) is 4.07. The fourth-order valence-corrected chi connectivity index (χ4v) is 7.47. The highest BCUT2D eigenvalue weighted by Gasteiger charge is 2.51. The SMILES string of the molecule is CS(=O)(=O)N(CC(=O)Nc1cccnc1)c1ccc(C23CC4CC(CC(C4)C2)C3)cc1. The minimum absolute atomic E-state index is 0.265. The van der Waals surface area contributed by atoms with Gasteiger partial charge in [-0.15, -0.1) is 0 Å². The van der Waals surface area contributed by atoms with Crippen LogP contribution in [0.3, 0.4) is 0 Å². The molecule has 4 bridgehead atoms. The van der Waals surface area contributed by atoms with E-state index in [9.17, 15) is 13.2 Å². The van der Waals surface area contributed by atoms with Crippen LogP contribution in [0.15, 0.2) is 48.8 Å². The van der Waals surface area contributed by atoms with Crippen molar-refractivity contribution in [2.45, 2.75) is 43.9 Å². The van der Waals surface area contributed by atoms with Crippen LogP contribution in [0.2, 0.25) is 0 Å². The maximum atomic E-state index is 12.5. The molecule has 4 fully saturated rings. The van der Waals surface area contributed by atoms with E-state index in [0.29, 0.717) is 11.4 Å². The van der Waals surface area contributed by atoms with Crippen LogP contribution in [0.1, 0.15) is 44.1 Å². The van der Waals surface area contributed by atoms with Crippen LogP contribution < -0.4 is 9.62 Å². The zero-order valence-electron chi connectivity index (χ0n) is 17.8. The average Bonchev–Trinajstić information content (AvgIpc) is 2.71. The number of amides is 1. The van der Waals surface area contributed by atoms with Crippen molar-refractivity contribution >= 4 is 27.3 Å². The number of nitrogens with one attached hydrogen (secondary N) is 1. The fraction of sp³-hybridized carbons (Fsp3) is 0.500. The van der Waals surface area contributed by atoms with E-state index >= 15 is 0 Å². The third-order valence-corrected chi connectivity index (χ3v) is 8.58. The first-order valence-electron chi connectivity index (χ1n) is 11.1. The number of hydrogen-bond acceptors (Lipinski definition) is 4. The predicted molar refractivity (Wildman–Crippen MR) is 121 cm³/mol. The summed E-state index contributed by atoms with van der Waals surface area (Å²) in [6.45, 7) is -0.273. The lowest BCUT2D eigenvalue weighted by Gasteiger charge is -2.57. The van der Waals surface area contributed by atoms with Gasteiger partial charge in [0.15, 0.2) is 0 Å². The maximum absolute atomic E-state index is 12.5. The van der Waals surface area contributed by atoms with Crippen LogP contribution >= 0.6 is 0 Å². The maximum Gasteiger partial charge on any atom is 0.245 e. The Labute approximate surface area is 184 Å².